The van der Waals surface area contributed by atoms with Gasteiger partial charge in [0.15, 0.2) is 0 Å². The Kier molecular flexibility index (Phi) is 5.93. The molecule has 3 rings (SSSR count). The molecule has 2 aromatic rings. The maximum atomic E-state index is 12.5. The molecule has 1 aliphatic heterocycles. The van der Waals surface area contributed by atoms with Crippen molar-refractivity contribution in [3.63, 3.8) is 0 Å². The molecular formula is C19H23ClN4O2. The van der Waals surface area contributed by atoms with Crippen molar-refractivity contribution >= 4 is 23.4 Å². The van der Waals surface area contributed by atoms with Gasteiger partial charge in [-0.1, -0.05) is 30.7 Å². The van der Waals surface area contributed by atoms with E-state index in [-0.39, 0.29) is 11.8 Å². The Morgan fingerprint density at radius 1 is 1.35 bits per heavy atom. The minimum atomic E-state index is -0.247. The summed E-state index contributed by atoms with van der Waals surface area (Å²) in [5, 5.41) is 10.3. The summed E-state index contributed by atoms with van der Waals surface area (Å²) in [7, 11) is 0. The van der Waals surface area contributed by atoms with Crippen molar-refractivity contribution in [2.75, 3.05) is 19.6 Å². The molecule has 1 aliphatic rings. The van der Waals surface area contributed by atoms with Gasteiger partial charge >= 0.3 is 0 Å². The molecule has 2 amide bonds. The summed E-state index contributed by atoms with van der Waals surface area (Å²) in [5.74, 6) is 0.403. The maximum absolute atomic E-state index is 12.5. The number of aromatic amines is 1. The van der Waals surface area contributed by atoms with Crippen LogP contribution in [0.5, 0.6) is 0 Å². The van der Waals surface area contributed by atoms with Crippen LogP contribution in [0.1, 0.15) is 36.5 Å². The molecular weight excluding hydrogens is 352 g/mol. The van der Waals surface area contributed by atoms with E-state index in [4.69, 9.17) is 11.6 Å². The molecule has 0 aliphatic carbocycles. The van der Waals surface area contributed by atoms with Gasteiger partial charge in [0, 0.05) is 36.6 Å². The van der Waals surface area contributed by atoms with Gasteiger partial charge in [-0.3, -0.25) is 14.7 Å². The van der Waals surface area contributed by atoms with Gasteiger partial charge in [0.2, 0.25) is 5.91 Å². The number of aromatic nitrogens is 2. The number of H-pyrrole nitrogens is 1. The predicted octanol–water partition coefficient (Wildman–Crippen LogP) is 3.11. The normalized spacial score (nSPS) is 17.2. The zero-order valence-corrected chi connectivity index (χ0v) is 15.6. The minimum Gasteiger partial charge on any atom is -0.351 e. The monoisotopic (exact) mass is 374 g/mol. The van der Waals surface area contributed by atoms with Crippen LogP contribution in [0.25, 0.3) is 11.3 Å². The molecule has 7 heteroatoms. The summed E-state index contributed by atoms with van der Waals surface area (Å²) >= 11 is 5.91. The Morgan fingerprint density at radius 3 is 2.85 bits per heavy atom. The number of amides is 2. The maximum Gasteiger partial charge on any atom is 0.255 e. The number of carbonyl (C=O) groups is 2. The average molecular weight is 375 g/mol. The molecule has 6 nitrogen and oxygen atoms in total. The summed E-state index contributed by atoms with van der Waals surface area (Å²) < 4.78 is 0. The van der Waals surface area contributed by atoms with E-state index in [9.17, 15) is 9.59 Å². The van der Waals surface area contributed by atoms with E-state index >= 15 is 0 Å². The number of carbonyl (C=O) groups excluding carboxylic acids is 2. The van der Waals surface area contributed by atoms with Gasteiger partial charge in [0.05, 0.1) is 17.5 Å². The van der Waals surface area contributed by atoms with Crippen LogP contribution in [0.4, 0.5) is 0 Å². The van der Waals surface area contributed by atoms with Gasteiger partial charge in [0.25, 0.3) is 5.91 Å². The van der Waals surface area contributed by atoms with Gasteiger partial charge in [-0.2, -0.15) is 5.10 Å². The fraction of sp³-hybridized carbons (Fsp3) is 0.421. The molecule has 2 N–H and O–H groups in total. The number of halogens is 1. The van der Waals surface area contributed by atoms with E-state index in [1.165, 1.54) is 12.6 Å². The van der Waals surface area contributed by atoms with E-state index < -0.39 is 0 Å². The second-order valence-corrected chi connectivity index (χ2v) is 7.20. The van der Waals surface area contributed by atoms with E-state index in [0.717, 1.165) is 25.1 Å². The lowest BCUT2D eigenvalue weighted by Crippen LogP contribution is -2.40. The Hall–Kier alpha value is -2.34. The molecule has 1 aromatic heterocycles. The van der Waals surface area contributed by atoms with Crippen LogP contribution < -0.4 is 5.32 Å². The molecule has 0 radical (unpaired) electrons. The third-order valence-corrected chi connectivity index (χ3v) is 4.90. The zero-order chi connectivity index (χ0) is 18.5. The molecule has 1 fully saturated rings. The molecule has 1 aromatic carbocycles. The summed E-state index contributed by atoms with van der Waals surface area (Å²) in [4.78, 5) is 26.6. The smallest absolute Gasteiger partial charge is 0.255 e. The largest absolute Gasteiger partial charge is 0.351 e. The van der Waals surface area contributed by atoms with Gasteiger partial charge < -0.3 is 10.2 Å². The lowest BCUT2D eigenvalue weighted by atomic mass is 10.00. The van der Waals surface area contributed by atoms with Crippen LogP contribution in [-0.2, 0) is 4.79 Å². The highest BCUT2D eigenvalue weighted by Crippen LogP contribution is 2.23. The van der Waals surface area contributed by atoms with Crippen molar-refractivity contribution < 1.29 is 9.59 Å². The lowest BCUT2D eigenvalue weighted by Gasteiger charge is -2.31. The highest BCUT2D eigenvalue weighted by Gasteiger charge is 2.21. The summed E-state index contributed by atoms with van der Waals surface area (Å²) in [6, 6.07) is 7.18. The molecule has 2 heterocycles. The average Bonchev–Trinajstić information content (AvgIpc) is 3.12. The van der Waals surface area contributed by atoms with Crippen LogP contribution in [0.3, 0.4) is 0 Å². The van der Waals surface area contributed by atoms with Gasteiger partial charge in [-0.05, 0) is 30.9 Å². The van der Waals surface area contributed by atoms with Crippen molar-refractivity contribution in [1.82, 2.24) is 20.4 Å². The number of likely N-dealkylation sites (tertiary alicyclic amines) is 1. The van der Waals surface area contributed by atoms with Gasteiger partial charge in [0.1, 0.15) is 0 Å². The number of benzene rings is 1. The first-order chi connectivity index (χ1) is 12.5. The van der Waals surface area contributed by atoms with Gasteiger partial charge in [-0.15, -0.1) is 0 Å². The first kappa shape index (κ1) is 18.5. The number of nitrogens with one attached hydrogen (secondary N) is 2. The van der Waals surface area contributed by atoms with E-state index in [1.54, 1.807) is 12.1 Å². The Balaban J connectivity index is 1.55. The van der Waals surface area contributed by atoms with Crippen molar-refractivity contribution in [3.05, 3.63) is 41.0 Å². The van der Waals surface area contributed by atoms with E-state index in [0.29, 0.717) is 35.2 Å². The standard InChI is InChI=1S/C19H23ClN4O2/c1-13-3-2-10-24(12-13)17(25)8-9-21-19(26)16-11-22-23-18(16)14-4-6-15(20)7-5-14/h4-7,11,13H,2-3,8-10,12H2,1H3,(H,21,26)(H,22,23). The first-order valence-electron chi connectivity index (χ1n) is 8.90. The molecule has 1 unspecified atom stereocenters. The quantitative estimate of drug-likeness (QED) is 0.844. The van der Waals surface area contributed by atoms with Crippen molar-refractivity contribution in [2.45, 2.75) is 26.2 Å². The zero-order valence-electron chi connectivity index (χ0n) is 14.8. The minimum absolute atomic E-state index is 0.0990. The molecule has 1 saturated heterocycles. The van der Waals surface area contributed by atoms with Crippen LogP contribution in [-0.4, -0.2) is 46.5 Å². The third-order valence-electron chi connectivity index (χ3n) is 4.65. The highest BCUT2D eigenvalue weighted by molar-refractivity contribution is 6.30. The lowest BCUT2D eigenvalue weighted by molar-refractivity contribution is -0.132. The third kappa shape index (κ3) is 4.43. The van der Waals surface area contributed by atoms with Crippen molar-refractivity contribution in [1.29, 1.82) is 0 Å². The highest BCUT2D eigenvalue weighted by atomic mass is 35.5. The van der Waals surface area contributed by atoms with Crippen LogP contribution in [0.15, 0.2) is 30.5 Å². The Labute approximate surface area is 157 Å². The molecule has 0 bridgehead atoms. The SMILES string of the molecule is CC1CCCN(C(=O)CCNC(=O)c2cn[nH]c2-c2ccc(Cl)cc2)C1. The van der Waals surface area contributed by atoms with Crippen LogP contribution in [0, 0.1) is 5.92 Å². The topological polar surface area (TPSA) is 78.1 Å². The molecule has 0 saturated carbocycles. The fourth-order valence-electron chi connectivity index (χ4n) is 3.25. The summed E-state index contributed by atoms with van der Waals surface area (Å²) in [6.45, 7) is 4.11. The van der Waals surface area contributed by atoms with Crippen LogP contribution in [0.2, 0.25) is 5.02 Å². The number of hydrogen-bond donors (Lipinski definition) is 2. The molecule has 1 atom stereocenters. The number of rotatable bonds is 5. The van der Waals surface area contributed by atoms with E-state index in [2.05, 4.69) is 22.4 Å². The second kappa shape index (κ2) is 8.36. The van der Waals surface area contributed by atoms with Gasteiger partial charge in [-0.25, -0.2) is 0 Å². The Bertz CT molecular complexity index is 772. The number of hydrogen-bond acceptors (Lipinski definition) is 3. The second-order valence-electron chi connectivity index (χ2n) is 6.76. The summed E-state index contributed by atoms with van der Waals surface area (Å²) in [5.41, 5.74) is 1.91. The molecule has 138 valence electrons. The predicted molar refractivity (Wildman–Crippen MR) is 101 cm³/mol. The first-order valence-corrected chi connectivity index (χ1v) is 9.27. The van der Waals surface area contributed by atoms with E-state index in [1.807, 2.05) is 17.0 Å². The number of nitrogens with zero attached hydrogens (tertiary/aromatic N) is 2. The van der Waals surface area contributed by atoms with Crippen molar-refractivity contribution in [2.24, 2.45) is 5.92 Å². The Morgan fingerprint density at radius 2 is 2.12 bits per heavy atom. The molecule has 0 spiro atoms. The molecule has 26 heavy (non-hydrogen) atoms. The van der Waals surface area contributed by atoms with Crippen molar-refractivity contribution in [3.8, 4) is 11.3 Å². The fourth-order valence-corrected chi connectivity index (χ4v) is 3.37. The summed E-state index contributed by atoms with van der Waals surface area (Å²) in [6.07, 6.45) is 4.03. The number of piperidine rings is 1. The van der Waals surface area contributed by atoms with Crippen LogP contribution >= 0.6 is 11.6 Å².